The predicted octanol–water partition coefficient (Wildman–Crippen LogP) is 2.78. The molecule has 14 heteroatoms. The van der Waals surface area contributed by atoms with Crippen molar-refractivity contribution < 1.29 is 21.6 Å². The summed E-state index contributed by atoms with van der Waals surface area (Å²) in [4.78, 5) is 17.7. The quantitative estimate of drug-likeness (QED) is 0.463. The number of nitrogens with zero attached hydrogens (tertiary/aromatic N) is 3. The predicted molar refractivity (Wildman–Crippen MR) is 133 cm³/mol. The zero-order chi connectivity index (χ0) is 24.7. The molecule has 9 nitrogen and oxygen atoms in total. The minimum absolute atomic E-state index is 0.0227. The Morgan fingerprint density at radius 3 is 2.47 bits per heavy atom. The Bertz CT molecular complexity index is 1540. The second-order valence-electron chi connectivity index (χ2n) is 7.65. The van der Waals surface area contributed by atoms with Crippen LogP contribution in [0.4, 0.5) is 0 Å². The Morgan fingerprint density at radius 1 is 1.18 bits per heavy atom. The van der Waals surface area contributed by atoms with Crippen molar-refractivity contribution in [1.82, 2.24) is 8.87 Å². The molecule has 1 amide bonds. The molecular formula is C20H21ClN4O5S4. The maximum atomic E-state index is 13.0. The van der Waals surface area contributed by atoms with Crippen molar-refractivity contribution in [1.29, 1.82) is 0 Å². The van der Waals surface area contributed by atoms with Gasteiger partial charge in [0.15, 0.2) is 4.80 Å². The minimum atomic E-state index is -3.87. The van der Waals surface area contributed by atoms with Gasteiger partial charge in [-0.15, -0.1) is 17.9 Å². The number of halogens is 1. The fourth-order valence-electron chi connectivity index (χ4n) is 3.71. The number of thiophene rings is 1. The molecule has 1 aromatic carbocycles. The number of primary sulfonamides is 1. The molecule has 182 valence electrons. The van der Waals surface area contributed by atoms with Crippen LogP contribution in [0.5, 0.6) is 0 Å². The summed E-state index contributed by atoms with van der Waals surface area (Å²) in [6.07, 6.45) is 2.36. The highest BCUT2D eigenvalue weighted by molar-refractivity contribution is 7.91. The molecule has 0 radical (unpaired) electrons. The number of carbonyl (C=O) groups is 1. The van der Waals surface area contributed by atoms with Gasteiger partial charge < -0.3 is 4.57 Å². The summed E-state index contributed by atoms with van der Waals surface area (Å²) >= 11 is 8.06. The van der Waals surface area contributed by atoms with Crippen LogP contribution in [0, 0.1) is 5.92 Å². The zero-order valence-corrected chi connectivity index (χ0v) is 21.8. The molecule has 4 rings (SSSR count). The van der Waals surface area contributed by atoms with Crippen molar-refractivity contribution in [3.63, 3.8) is 0 Å². The molecule has 0 saturated carbocycles. The second-order valence-corrected chi connectivity index (χ2v) is 14.1. The summed E-state index contributed by atoms with van der Waals surface area (Å²) in [5.41, 5.74) is 0.708. The number of sulfonamides is 2. The fourth-order valence-corrected chi connectivity index (χ4v) is 8.52. The van der Waals surface area contributed by atoms with Crippen molar-refractivity contribution in [3.8, 4) is 0 Å². The average Bonchev–Trinajstić information content (AvgIpc) is 3.37. The van der Waals surface area contributed by atoms with Crippen LogP contribution in [-0.4, -0.2) is 44.7 Å². The molecular weight excluding hydrogens is 540 g/mol. The van der Waals surface area contributed by atoms with Crippen LogP contribution in [0.2, 0.25) is 4.34 Å². The first-order valence-electron chi connectivity index (χ1n) is 10.1. The molecule has 0 aliphatic carbocycles. The van der Waals surface area contributed by atoms with Crippen molar-refractivity contribution in [2.24, 2.45) is 16.0 Å². The lowest BCUT2D eigenvalue weighted by atomic mass is 9.98. The first kappa shape index (κ1) is 25.2. The number of amides is 1. The molecule has 1 aliphatic rings. The number of rotatable bonds is 6. The van der Waals surface area contributed by atoms with Crippen molar-refractivity contribution >= 4 is 70.4 Å². The van der Waals surface area contributed by atoms with Gasteiger partial charge in [-0.3, -0.25) is 4.79 Å². The molecule has 0 bridgehead atoms. The summed E-state index contributed by atoms with van der Waals surface area (Å²) < 4.78 is 53.3. The topological polar surface area (TPSA) is 132 Å². The number of hydrogen-bond donors (Lipinski definition) is 1. The van der Waals surface area contributed by atoms with E-state index in [2.05, 4.69) is 11.6 Å². The molecule has 34 heavy (non-hydrogen) atoms. The number of carbonyl (C=O) groups excluding carboxylic acids is 1. The monoisotopic (exact) mass is 560 g/mol. The summed E-state index contributed by atoms with van der Waals surface area (Å²) in [5.74, 6) is -0.756. The van der Waals surface area contributed by atoms with E-state index in [1.165, 1.54) is 33.8 Å². The van der Waals surface area contributed by atoms with Gasteiger partial charge in [0.05, 0.1) is 19.4 Å². The zero-order valence-electron chi connectivity index (χ0n) is 17.8. The van der Waals surface area contributed by atoms with Gasteiger partial charge in [0, 0.05) is 25.6 Å². The average molecular weight is 561 g/mol. The van der Waals surface area contributed by atoms with Crippen molar-refractivity contribution in [2.45, 2.75) is 28.5 Å². The van der Waals surface area contributed by atoms with Crippen LogP contribution in [0.1, 0.15) is 12.8 Å². The van der Waals surface area contributed by atoms with Crippen LogP contribution in [0.25, 0.3) is 10.2 Å². The lowest BCUT2D eigenvalue weighted by molar-refractivity contribution is -0.122. The van der Waals surface area contributed by atoms with Gasteiger partial charge in [-0.25, -0.2) is 22.0 Å². The number of aromatic nitrogens is 1. The number of allylic oxidation sites excluding steroid dienone is 1. The van der Waals surface area contributed by atoms with E-state index in [1.54, 1.807) is 22.8 Å². The third-order valence-corrected chi connectivity index (χ3v) is 11.0. The van der Waals surface area contributed by atoms with Crippen LogP contribution >= 0.6 is 34.3 Å². The van der Waals surface area contributed by atoms with Crippen molar-refractivity contribution in [2.75, 3.05) is 13.1 Å². The van der Waals surface area contributed by atoms with Gasteiger partial charge in [-0.2, -0.15) is 9.30 Å². The normalized spacial score (nSPS) is 16.8. The summed E-state index contributed by atoms with van der Waals surface area (Å²) in [5, 5.41) is 5.23. The van der Waals surface area contributed by atoms with Gasteiger partial charge >= 0.3 is 0 Å². The Kier molecular flexibility index (Phi) is 7.16. The molecule has 2 N–H and O–H groups in total. The summed E-state index contributed by atoms with van der Waals surface area (Å²) in [7, 11) is -7.51. The SMILES string of the molecule is C=CCn1c(=NC(=O)C2CCN(S(=O)(=O)c3ccc(Cl)s3)CC2)sc2cc(S(N)(=O)=O)ccc21. The van der Waals surface area contributed by atoms with Gasteiger partial charge in [0.25, 0.3) is 15.9 Å². The molecule has 1 aliphatic heterocycles. The van der Waals surface area contributed by atoms with E-state index in [4.69, 9.17) is 16.7 Å². The molecule has 0 atom stereocenters. The van der Waals surface area contributed by atoms with E-state index in [0.717, 1.165) is 11.3 Å². The maximum Gasteiger partial charge on any atom is 0.252 e. The van der Waals surface area contributed by atoms with E-state index in [-0.39, 0.29) is 28.1 Å². The van der Waals surface area contributed by atoms with Crippen LogP contribution < -0.4 is 9.94 Å². The van der Waals surface area contributed by atoms with Crippen molar-refractivity contribution in [3.05, 3.63) is 52.1 Å². The van der Waals surface area contributed by atoms with E-state index in [1.807, 2.05) is 0 Å². The first-order chi connectivity index (χ1) is 16.0. The largest absolute Gasteiger partial charge is 0.313 e. The molecule has 3 heterocycles. The Morgan fingerprint density at radius 2 is 1.88 bits per heavy atom. The highest BCUT2D eigenvalue weighted by atomic mass is 35.5. The summed E-state index contributed by atoms with van der Waals surface area (Å²) in [6, 6.07) is 7.52. The van der Waals surface area contributed by atoms with Gasteiger partial charge in [-0.1, -0.05) is 29.0 Å². The smallest absolute Gasteiger partial charge is 0.252 e. The third kappa shape index (κ3) is 5.05. The second kappa shape index (κ2) is 9.64. The lowest BCUT2D eigenvalue weighted by Gasteiger charge is -2.29. The molecule has 1 saturated heterocycles. The Labute approximate surface area is 209 Å². The Balaban J connectivity index is 1.57. The number of nitrogens with two attached hydrogens (primary N) is 1. The van der Waals surface area contributed by atoms with E-state index >= 15 is 0 Å². The third-order valence-electron chi connectivity index (χ3n) is 5.45. The maximum absolute atomic E-state index is 13.0. The van der Waals surface area contributed by atoms with Gasteiger partial charge in [0.2, 0.25) is 10.0 Å². The summed E-state index contributed by atoms with van der Waals surface area (Å²) in [6.45, 7) is 4.53. The fraction of sp³-hybridized carbons (Fsp3) is 0.300. The van der Waals surface area contributed by atoms with E-state index in [0.29, 0.717) is 38.7 Å². The number of piperidine rings is 1. The standard InChI is InChI=1S/C20H21ClN4O5S4/c1-2-9-25-15-4-3-14(33(22,27)28)12-16(15)31-20(25)23-19(26)13-7-10-24(11-8-13)34(29,30)18-6-5-17(21)32-18/h2-6,12-13H,1,7-11H2,(H2,22,27,28). The molecule has 0 unspecified atom stereocenters. The molecule has 2 aromatic heterocycles. The van der Waals surface area contributed by atoms with Crippen LogP contribution in [0.3, 0.4) is 0 Å². The highest BCUT2D eigenvalue weighted by Gasteiger charge is 2.33. The molecule has 1 fully saturated rings. The number of benzene rings is 1. The first-order valence-corrected chi connectivity index (χ1v) is 15.1. The molecule has 3 aromatic rings. The van der Waals surface area contributed by atoms with Crippen LogP contribution in [0.15, 0.2) is 57.1 Å². The van der Waals surface area contributed by atoms with Gasteiger partial charge in [0.1, 0.15) is 4.21 Å². The number of thiazole rings is 1. The van der Waals surface area contributed by atoms with Crippen LogP contribution in [-0.2, 0) is 31.4 Å². The van der Waals surface area contributed by atoms with Gasteiger partial charge in [-0.05, 0) is 43.2 Å². The minimum Gasteiger partial charge on any atom is -0.313 e. The number of fused-ring (bicyclic) bond motifs is 1. The van der Waals surface area contributed by atoms with E-state index < -0.39 is 26.0 Å². The highest BCUT2D eigenvalue weighted by Crippen LogP contribution is 2.31. The Hall–Kier alpha value is -1.87. The molecule has 0 spiro atoms. The number of hydrogen-bond acceptors (Lipinski definition) is 7. The lowest BCUT2D eigenvalue weighted by Crippen LogP contribution is -2.40. The van der Waals surface area contributed by atoms with E-state index in [9.17, 15) is 21.6 Å².